The van der Waals surface area contributed by atoms with Crippen molar-refractivity contribution in [2.75, 3.05) is 39.3 Å². The first-order valence-corrected chi connectivity index (χ1v) is 11.1. The third-order valence-corrected chi connectivity index (χ3v) is 6.06. The highest BCUT2D eigenvalue weighted by Gasteiger charge is 2.37. The third-order valence-electron chi connectivity index (χ3n) is 6.06. The van der Waals surface area contributed by atoms with Gasteiger partial charge in [0.25, 0.3) is 0 Å². The second kappa shape index (κ2) is 11.3. The standard InChI is InChI=1S/C23H35N3O3/c1-2-12-24-23(28)22(20-10-6-7-11-20)26-15-13-25(14-16-26)21(27)18-29-17-19-8-4-3-5-9-19/h3-5,8-9,20,22H,2,6-7,10-18H2,1H3,(H,24,28)/t22-/m0/s1. The Kier molecular flexibility index (Phi) is 8.50. The molecule has 0 bridgehead atoms. The molecule has 2 amide bonds. The van der Waals surface area contributed by atoms with E-state index in [1.165, 1.54) is 12.8 Å². The van der Waals surface area contributed by atoms with E-state index in [9.17, 15) is 9.59 Å². The maximum Gasteiger partial charge on any atom is 0.248 e. The van der Waals surface area contributed by atoms with Crippen LogP contribution in [0, 0.1) is 5.92 Å². The van der Waals surface area contributed by atoms with Gasteiger partial charge < -0.3 is 15.0 Å². The quantitative estimate of drug-likeness (QED) is 0.690. The van der Waals surface area contributed by atoms with Gasteiger partial charge in [0, 0.05) is 32.7 Å². The summed E-state index contributed by atoms with van der Waals surface area (Å²) in [6.45, 7) is 6.21. The van der Waals surface area contributed by atoms with Gasteiger partial charge in [0.05, 0.1) is 12.6 Å². The van der Waals surface area contributed by atoms with Gasteiger partial charge in [0.2, 0.25) is 11.8 Å². The summed E-state index contributed by atoms with van der Waals surface area (Å²) in [7, 11) is 0. The molecule has 1 saturated carbocycles. The van der Waals surface area contributed by atoms with Gasteiger partial charge in [-0.05, 0) is 30.7 Å². The smallest absolute Gasteiger partial charge is 0.248 e. The number of hydrogen-bond donors (Lipinski definition) is 1. The fourth-order valence-corrected chi connectivity index (χ4v) is 4.48. The zero-order chi connectivity index (χ0) is 20.5. The number of hydrogen-bond acceptors (Lipinski definition) is 4. The maximum absolute atomic E-state index is 12.8. The van der Waals surface area contributed by atoms with E-state index in [-0.39, 0.29) is 24.5 Å². The topological polar surface area (TPSA) is 61.9 Å². The molecule has 1 aromatic carbocycles. The first-order valence-electron chi connectivity index (χ1n) is 11.1. The van der Waals surface area contributed by atoms with Crippen LogP contribution in [0.4, 0.5) is 0 Å². The molecule has 1 heterocycles. The van der Waals surface area contributed by atoms with Crippen LogP contribution < -0.4 is 5.32 Å². The lowest BCUT2D eigenvalue weighted by molar-refractivity contribution is -0.139. The van der Waals surface area contributed by atoms with E-state index in [2.05, 4.69) is 17.1 Å². The summed E-state index contributed by atoms with van der Waals surface area (Å²) in [5, 5.41) is 3.10. The third kappa shape index (κ3) is 6.28. The van der Waals surface area contributed by atoms with Gasteiger partial charge in [0.1, 0.15) is 6.61 Å². The first kappa shape index (κ1) is 21.8. The molecule has 0 spiro atoms. The fourth-order valence-electron chi connectivity index (χ4n) is 4.48. The van der Waals surface area contributed by atoms with Gasteiger partial charge in [-0.1, -0.05) is 50.1 Å². The van der Waals surface area contributed by atoms with Gasteiger partial charge in [-0.2, -0.15) is 0 Å². The molecule has 0 unspecified atom stereocenters. The van der Waals surface area contributed by atoms with Crippen LogP contribution in [0.3, 0.4) is 0 Å². The van der Waals surface area contributed by atoms with E-state index in [1.54, 1.807) is 0 Å². The molecule has 1 aromatic rings. The fraction of sp³-hybridized carbons (Fsp3) is 0.652. The summed E-state index contributed by atoms with van der Waals surface area (Å²) in [5.41, 5.74) is 1.07. The van der Waals surface area contributed by atoms with Crippen LogP contribution in [-0.2, 0) is 20.9 Å². The summed E-state index contributed by atoms with van der Waals surface area (Å²) < 4.78 is 5.60. The van der Waals surface area contributed by atoms with Crippen molar-refractivity contribution in [1.82, 2.24) is 15.1 Å². The van der Waals surface area contributed by atoms with E-state index in [0.717, 1.165) is 44.5 Å². The number of benzene rings is 1. The Hall–Kier alpha value is -1.92. The molecular weight excluding hydrogens is 366 g/mol. The van der Waals surface area contributed by atoms with Crippen LogP contribution in [0.5, 0.6) is 0 Å². The van der Waals surface area contributed by atoms with Crippen molar-refractivity contribution >= 4 is 11.8 Å². The van der Waals surface area contributed by atoms with Crippen LogP contribution in [-0.4, -0.2) is 67.0 Å². The van der Waals surface area contributed by atoms with Crippen molar-refractivity contribution in [2.45, 2.75) is 51.7 Å². The predicted octanol–water partition coefficient (Wildman–Crippen LogP) is 2.43. The molecule has 6 nitrogen and oxygen atoms in total. The van der Waals surface area contributed by atoms with E-state index < -0.39 is 0 Å². The lowest BCUT2D eigenvalue weighted by Gasteiger charge is -2.40. The minimum atomic E-state index is -0.0457. The molecule has 3 rings (SSSR count). The average Bonchev–Trinajstić information content (AvgIpc) is 3.28. The van der Waals surface area contributed by atoms with Gasteiger partial charge in [-0.15, -0.1) is 0 Å². The maximum atomic E-state index is 12.8. The predicted molar refractivity (Wildman–Crippen MR) is 113 cm³/mol. The molecule has 1 atom stereocenters. The second-order valence-corrected chi connectivity index (χ2v) is 8.18. The van der Waals surface area contributed by atoms with E-state index in [0.29, 0.717) is 25.6 Å². The SMILES string of the molecule is CCCNC(=O)[C@H](C1CCCC1)N1CCN(C(=O)COCc2ccccc2)CC1. The van der Waals surface area contributed by atoms with Gasteiger partial charge >= 0.3 is 0 Å². The molecule has 1 saturated heterocycles. The van der Waals surface area contributed by atoms with Gasteiger partial charge in [-0.25, -0.2) is 0 Å². The summed E-state index contributed by atoms with van der Waals surface area (Å²) >= 11 is 0. The molecule has 160 valence electrons. The lowest BCUT2D eigenvalue weighted by atomic mass is 9.95. The molecule has 1 aliphatic carbocycles. The molecule has 1 N–H and O–H groups in total. The lowest BCUT2D eigenvalue weighted by Crippen LogP contribution is -2.58. The highest BCUT2D eigenvalue weighted by Crippen LogP contribution is 2.31. The number of piperazine rings is 1. The van der Waals surface area contributed by atoms with Crippen molar-refractivity contribution in [1.29, 1.82) is 0 Å². The van der Waals surface area contributed by atoms with Crippen LogP contribution in [0.1, 0.15) is 44.6 Å². The Bertz CT molecular complexity index is 638. The molecule has 0 aromatic heterocycles. The normalized spacial score (nSPS) is 19.3. The van der Waals surface area contributed by atoms with Crippen LogP contribution in [0.2, 0.25) is 0 Å². The molecule has 6 heteroatoms. The number of nitrogens with zero attached hydrogens (tertiary/aromatic N) is 2. The van der Waals surface area contributed by atoms with E-state index in [4.69, 9.17) is 4.74 Å². The Morgan fingerprint density at radius 1 is 1.10 bits per heavy atom. The Morgan fingerprint density at radius 2 is 1.79 bits per heavy atom. The van der Waals surface area contributed by atoms with Crippen LogP contribution >= 0.6 is 0 Å². The van der Waals surface area contributed by atoms with Crippen LogP contribution in [0.25, 0.3) is 0 Å². The summed E-state index contributed by atoms with van der Waals surface area (Å²) in [6.07, 6.45) is 5.67. The minimum Gasteiger partial charge on any atom is -0.367 e. The number of carbonyl (C=O) groups is 2. The number of ether oxygens (including phenoxy) is 1. The highest BCUT2D eigenvalue weighted by molar-refractivity contribution is 5.82. The van der Waals surface area contributed by atoms with Gasteiger partial charge in [0.15, 0.2) is 0 Å². The summed E-state index contributed by atoms with van der Waals surface area (Å²) in [4.78, 5) is 29.5. The minimum absolute atomic E-state index is 0.0356. The Balaban J connectivity index is 1.46. The average molecular weight is 402 g/mol. The first-order chi connectivity index (χ1) is 14.2. The number of carbonyl (C=O) groups excluding carboxylic acids is 2. The van der Waals surface area contributed by atoms with E-state index >= 15 is 0 Å². The van der Waals surface area contributed by atoms with E-state index in [1.807, 2.05) is 35.2 Å². The molecule has 1 aliphatic heterocycles. The molecule has 0 radical (unpaired) electrons. The number of rotatable bonds is 9. The largest absolute Gasteiger partial charge is 0.367 e. The van der Waals surface area contributed by atoms with Crippen molar-refractivity contribution in [3.63, 3.8) is 0 Å². The Labute approximate surface area is 174 Å². The second-order valence-electron chi connectivity index (χ2n) is 8.18. The van der Waals surface area contributed by atoms with Crippen molar-refractivity contribution < 1.29 is 14.3 Å². The van der Waals surface area contributed by atoms with Crippen molar-refractivity contribution in [2.24, 2.45) is 5.92 Å². The zero-order valence-electron chi connectivity index (χ0n) is 17.6. The number of amides is 2. The zero-order valence-corrected chi connectivity index (χ0v) is 17.6. The molecule has 2 aliphatic rings. The number of nitrogens with one attached hydrogen (secondary N) is 1. The highest BCUT2D eigenvalue weighted by atomic mass is 16.5. The summed E-state index contributed by atoms with van der Waals surface area (Å²) in [5.74, 6) is 0.654. The van der Waals surface area contributed by atoms with Crippen LogP contribution in [0.15, 0.2) is 30.3 Å². The molecule has 29 heavy (non-hydrogen) atoms. The molecule has 2 fully saturated rings. The van der Waals surface area contributed by atoms with Crippen molar-refractivity contribution in [3.05, 3.63) is 35.9 Å². The monoisotopic (exact) mass is 401 g/mol. The summed E-state index contributed by atoms with van der Waals surface area (Å²) in [6, 6.07) is 9.85. The van der Waals surface area contributed by atoms with Crippen molar-refractivity contribution in [3.8, 4) is 0 Å². The van der Waals surface area contributed by atoms with Gasteiger partial charge in [-0.3, -0.25) is 14.5 Å². The molecular formula is C23H35N3O3. The Morgan fingerprint density at radius 3 is 2.45 bits per heavy atom.